The van der Waals surface area contributed by atoms with Gasteiger partial charge in [-0.25, -0.2) is 0 Å². The van der Waals surface area contributed by atoms with Gasteiger partial charge in [0.15, 0.2) is 0 Å². The minimum atomic E-state index is -0.0650. The van der Waals surface area contributed by atoms with Crippen LogP contribution in [-0.2, 0) is 9.59 Å². The van der Waals surface area contributed by atoms with Gasteiger partial charge >= 0.3 is 0 Å². The maximum absolute atomic E-state index is 12.4. The van der Waals surface area contributed by atoms with Gasteiger partial charge in [-0.1, -0.05) is 13.8 Å². The Morgan fingerprint density at radius 1 is 1.26 bits per heavy atom. The number of anilines is 1. The van der Waals surface area contributed by atoms with Crippen molar-refractivity contribution in [1.82, 2.24) is 5.32 Å². The molecule has 0 fully saturated rings. The fourth-order valence-electron chi connectivity index (χ4n) is 2.97. The van der Waals surface area contributed by atoms with E-state index < -0.39 is 0 Å². The molecule has 2 amide bonds. The first-order valence-corrected chi connectivity index (χ1v) is 8.38. The Balaban J connectivity index is 2.30. The number of methoxy groups -OCH3 is 1. The number of carbonyl (C=O) groups excluding carboxylic acids is 2. The maximum atomic E-state index is 12.4. The average molecular weight is 318 g/mol. The van der Waals surface area contributed by atoms with Crippen LogP contribution in [0.5, 0.6) is 5.75 Å². The van der Waals surface area contributed by atoms with Crippen LogP contribution in [0.3, 0.4) is 0 Å². The quantitative estimate of drug-likeness (QED) is 0.876. The van der Waals surface area contributed by atoms with Crippen LogP contribution >= 0.6 is 0 Å². The number of fused-ring (bicyclic) bond motifs is 1. The molecule has 1 aromatic carbocycles. The molecule has 0 unspecified atom stereocenters. The van der Waals surface area contributed by atoms with Gasteiger partial charge in [-0.15, -0.1) is 0 Å². The zero-order chi connectivity index (χ0) is 16.8. The highest BCUT2D eigenvalue weighted by Gasteiger charge is 2.29. The highest BCUT2D eigenvalue weighted by atomic mass is 16.5. The van der Waals surface area contributed by atoms with Crippen molar-refractivity contribution < 1.29 is 14.3 Å². The van der Waals surface area contributed by atoms with Gasteiger partial charge in [-0.2, -0.15) is 0 Å². The number of nitrogens with one attached hydrogen (secondary N) is 1. The van der Waals surface area contributed by atoms with Gasteiger partial charge in [-0.3, -0.25) is 9.59 Å². The monoisotopic (exact) mass is 318 g/mol. The van der Waals surface area contributed by atoms with Crippen LogP contribution in [0.2, 0.25) is 0 Å². The summed E-state index contributed by atoms with van der Waals surface area (Å²) in [4.78, 5) is 26.2. The number of benzene rings is 1. The molecule has 1 aliphatic heterocycles. The molecule has 1 N–H and O–H groups in total. The number of hydrogen-bond acceptors (Lipinski definition) is 3. The largest absolute Gasteiger partial charge is 0.497 e. The van der Waals surface area contributed by atoms with Gasteiger partial charge in [-0.05, 0) is 37.5 Å². The van der Waals surface area contributed by atoms with Gasteiger partial charge in [0.2, 0.25) is 11.8 Å². The number of carbonyl (C=O) groups is 2. The first-order valence-electron chi connectivity index (χ1n) is 8.38. The summed E-state index contributed by atoms with van der Waals surface area (Å²) in [5.74, 6) is 0.931. The highest BCUT2D eigenvalue weighted by molar-refractivity contribution is 5.95. The third-order valence-corrected chi connectivity index (χ3v) is 4.12. The Kier molecular flexibility index (Phi) is 6.02. The molecule has 0 radical (unpaired) electrons. The molecule has 0 saturated heterocycles. The SMILES string of the molecule is CCCC(=O)N[C@H]1CCN(C(=O)CCC)c2ccc(OC)cc21. The summed E-state index contributed by atoms with van der Waals surface area (Å²) < 4.78 is 5.31. The van der Waals surface area contributed by atoms with Gasteiger partial charge < -0.3 is 15.0 Å². The van der Waals surface area contributed by atoms with E-state index in [1.165, 1.54) is 0 Å². The van der Waals surface area contributed by atoms with E-state index in [1.54, 1.807) is 7.11 Å². The summed E-state index contributed by atoms with van der Waals surface area (Å²) in [5.41, 5.74) is 1.85. The first kappa shape index (κ1) is 17.3. The van der Waals surface area contributed by atoms with Crippen molar-refractivity contribution in [2.45, 2.75) is 52.0 Å². The van der Waals surface area contributed by atoms with Crippen LogP contribution in [0.1, 0.15) is 57.6 Å². The van der Waals surface area contributed by atoms with E-state index in [0.29, 0.717) is 19.4 Å². The van der Waals surface area contributed by atoms with E-state index in [4.69, 9.17) is 4.74 Å². The van der Waals surface area contributed by atoms with Crippen molar-refractivity contribution in [1.29, 1.82) is 0 Å². The number of ether oxygens (including phenoxy) is 1. The lowest BCUT2D eigenvalue weighted by atomic mass is 9.95. The lowest BCUT2D eigenvalue weighted by Gasteiger charge is -2.35. The number of amides is 2. The molecule has 1 heterocycles. The molecule has 23 heavy (non-hydrogen) atoms. The number of rotatable bonds is 6. The van der Waals surface area contributed by atoms with E-state index in [-0.39, 0.29) is 17.9 Å². The molecule has 0 aliphatic carbocycles. The van der Waals surface area contributed by atoms with Crippen LogP contribution < -0.4 is 15.0 Å². The summed E-state index contributed by atoms with van der Waals surface area (Å²) in [7, 11) is 1.62. The average Bonchev–Trinajstić information content (AvgIpc) is 2.55. The van der Waals surface area contributed by atoms with E-state index >= 15 is 0 Å². The third-order valence-electron chi connectivity index (χ3n) is 4.12. The molecule has 1 atom stereocenters. The van der Waals surface area contributed by atoms with Crippen LogP contribution in [0.25, 0.3) is 0 Å². The van der Waals surface area contributed by atoms with Crippen LogP contribution in [0, 0.1) is 0 Å². The second kappa shape index (κ2) is 7.99. The van der Waals surface area contributed by atoms with E-state index in [2.05, 4.69) is 5.32 Å². The van der Waals surface area contributed by atoms with Crippen molar-refractivity contribution in [3.8, 4) is 5.75 Å². The van der Waals surface area contributed by atoms with Crippen LogP contribution in [0.15, 0.2) is 18.2 Å². The standard InChI is InChI=1S/C18H26N2O3/c1-4-6-17(21)19-15-10-11-20(18(22)7-5-2)16-9-8-13(23-3)12-14(15)16/h8-9,12,15H,4-7,10-11H2,1-3H3,(H,19,21)/t15-/m0/s1. The topological polar surface area (TPSA) is 58.6 Å². The lowest BCUT2D eigenvalue weighted by molar-refractivity contribution is -0.121. The van der Waals surface area contributed by atoms with Crippen molar-refractivity contribution in [2.24, 2.45) is 0 Å². The van der Waals surface area contributed by atoms with Gasteiger partial charge in [0.25, 0.3) is 0 Å². The fourth-order valence-corrected chi connectivity index (χ4v) is 2.97. The molecule has 5 heteroatoms. The molecular weight excluding hydrogens is 292 g/mol. The Morgan fingerprint density at radius 2 is 2.00 bits per heavy atom. The molecule has 5 nitrogen and oxygen atoms in total. The minimum absolute atomic E-state index is 0.0552. The lowest BCUT2D eigenvalue weighted by Crippen LogP contribution is -2.41. The van der Waals surface area contributed by atoms with Gasteiger partial charge in [0.1, 0.15) is 5.75 Å². The first-order chi connectivity index (χ1) is 11.1. The molecule has 1 aliphatic rings. The zero-order valence-electron chi connectivity index (χ0n) is 14.2. The van der Waals surface area contributed by atoms with E-state index in [9.17, 15) is 9.59 Å². The Labute approximate surface area is 138 Å². The summed E-state index contributed by atoms with van der Waals surface area (Å²) in [5, 5.41) is 3.09. The smallest absolute Gasteiger partial charge is 0.226 e. The summed E-state index contributed by atoms with van der Waals surface area (Å²) in [6.45, 7) is 4.63. The van der Waals surface area contributed by atoms with Crippen molar-refractivity contribution in [3.05, 3.63) is 23.8 Å². The Hall–Kier alpha value is -2.04. The normalized spacial score (nSPS) is 16.7. The Morgan fingerprint density at radius 3 is 2.65 bits per heavy atom. The van der Waals surface area contributed by atoms with E-state index in [1.807, 2.05) is 36.9 Å². The summed E-state index contributed by atoms with van der Waals surface area (Å²) in [6, 6.07) is 5.64. The molecule has 126 valence electrons. The second-order valence-corrected chi connectivity index (χ2v) is 5.88. The van der Waals surface area contributed by atoms with Crippen molar-refractivity contribution in [2.75, 3.05) is 18.6 Å². The van der Waals surface area contributed by atoms with Crippen LogP contribution in [-0.4, -0.2) is 25.5 Å². The third kappa shape index (κ3) is 4.03. The molecule has 1 aromatic rings. The predicted molar refractivity (Wildman–Crippen MR) is 90.7 cm³/mol. The molecule has 0 aromatic heterocycles. The van der Waals surface area contributed by atoms with Crippen molar-refractivity contribution >= 4 is 17.5 Å². The summed E-state index contributed by atoms with van der Waals surface area (Å²) in [6.07, 6.45) is 3.44. The number of nitrogens with zero attached hydrogens (tertiary/aromatic N) is 1. The molecule has 0 saturated carbocycles. The maximum Gasteiger partial charge on any atom is 0.226 e. The molecule has 0 spiro atoms. The molecular formula is C18H26N2O3. The summed E-state index contributed by atoms with van der Waals surface area (Å²) >= 11 is 0. The zero-order valence-corrected chi connectivity index (χ0v) is 14.2. The second-order valence-electron chi connectivity index (χ2n) is 5.88. The highest BCUT2D eigenvalue weighted by Crippen LogP contribution is 2.36. The van der Waals surface area contributed by atoms with Crippen LogP contribution in [0.4, 0.5) is 5.69 Å². The van der Waals surface area contributed by atoms with Gasteiger partial charge in [0, 0.05) is 30.6 Å². The Bertz CT molecular complexity index is 571. The van der Waals surface area contributed by atoms with E-state index in [0.717, 1.165) is 36.3 Å². The molecule has 0 bridgehead atoms. The molecule has 2 rings (SSSR count). The fraction of sp³-hybridized carbons (Fsp3) is 0.556. The predicted octanol–water partition coefficient (Wildman–Crippen LogP) is 3.19. The minimum Gasteiger partial charge on any atom is -0.497 e. The number of hydrogen-bond donors (Lipinski definition) is 1. The van der Waals surface area contributed by atoms with Gasteiger partial charge in [0.05, 0.1) is 13.2 Å². The van der Waals surface area contributed by atoms with Crippen molar-refractivity contribution in [3.63, 3.8) is 0 Å².